The zero-order valence-corrected chi connectivity index (χ0v) is 8.10. The van der Waals surface area contributed by atoms with Gasteiger partial charge in [-0.3, -0.25) is 4.79 Å². The Morgan fingerprint density at radius 3 is 3.00 bits per heavy atom. The smallest absolute Gasteiger partial charge is 0.307 e. The van der Waals surface area contributed by atoms with Gasteiger partial charge in [0.25, 0.3) is 0 Å². The minimum Gasteiger partial charge on any atom is -0.326 e. The lowest BCUT2D eigenvalue weighted by Gasteiger charge is -1.97. The van der Waals surface area contributed by atoms with Gasteiger partial charge in [-0.15, -0.1) is 0 Å². The van der Waals surface area contributed by atoms with Gasteiger partial charge in [-0.1, -0.05) is 17.4 Å². The van der Waals surface area contributed by atoms with E-state index in [-0.39, 0.29) is 4.87 Å². The lowest BCUT2D eigenvalue weighted by atomic mass is 10.2. The molecule has 13 heavy (non-hydrogen) atoms. The van der Waals surface area contributed by atoms with Crippen LogP contribution in [0.15, 0.2) is 23.0 Å². The highest BCUT2D eigenvalue weighted by atomic mass is 32.1. The molecule has 1 heterocycles. The number of hydrogen-bond donors (Lipinski definition) is 1. The molecule has 0 saturated heterocycles. The molecule has 2 aromatic rings. The minimum absolute atomic E-state index is 0.0733. The van der Waals surface area contributed by atoms with Crippen molar-refractivity contribution < 1.29 is 0 Å². The average molecular weight is 194 g/mol. The van der Waals surface area contributed by atoms with Crippen LogP contribution in [0.1, 0.15) is 5.56 Å². The van der Waals surface area contributed by atoms with E-state index >= 15 is 0 Å². The molecule has 0 radical (unpaired) electrons. The highest BCUT2D eigenvalue weighted by molar-refractivity contribution is 7.16. The number of nitrogens with two attached hydrogens (primary N) is 1. The molecule has 2 rings (SSSR count). The van der Waals surface area contributed by atoms with Crippen molar-refractivity contribution in [3.05, 3.63) is 33.4 Å². The number of aromatic nitrogens is 1. The second-order valence-corrected chi connectivity index (χ2v) is 3.93. The molecule has 1 aromatic carbocycles. The summed E-state index contributed by atoms with van der Waals surface area (Å²) in [4.78, 5) is 11.4. The molecule has 2 N–H and O–H groups in total. The molecular formula is C9H10N2OS. The molecule has 0 aliphatic heterocycles. The second kappa shape index (κ2) is 2.97. The third-order valence-corrected chi connectivity index (χ3v) is 3.11. The van der Waals surface area contributed by atoms with E-state index in [1.807, 2.05) is 18.2 Å². The van der Waals surface area contributed by atoms with Crippen molar-refractivity contribution in [2.75, 3.05) is 0 Å². The molecule has 0 unspecified atom stereocenters. The summed E-state index contributed by atoms with van der Waals surface area (Å²) in [6, 6.07) is 5.87. The largest absolute Gasteiger partial charge is 0.326 e. The first-order valence-electron chi connectivity index (χ1n) is 4.01. The number of thiazole rings is 1. The predicted molar refractivity (Wildman–Crippen MR) is 55.0 cm³/mol. The molecule has 3 nitrogen and oxygen atoms in total. The van der Waals surface area contributed by atoms with E-state index < -0.39 is 0 Å². The summed E-state index contributed by atoms with van der Waals surface area (Å²) >= 11 is 1.26. The quantitative estimate of drug-likeness (QED) is 0.738. The Labute approximate surface area is 79.4 Å². The van der Waals surface area contributed by atoms with Crippen LogP contribution in [0, 0.1) is 0 Å². The van der Waals surface area contributed by atoms with Gasteiger partial charge in [-0.2, -0.15) is 0 Å². The van der Waals surface area contributed by atoms with E-state index in [4.69, 9.17) is 5.73 Å². The Morgan fingerprint density at radius 1 is 1.54 bits per heavy atom. The fraction of sp³-hybridized carbons (Fsp3) is 0.222. The molecule has 0 amide bonds. The van der Waals surface area contributed by atoms with Gasteiger partial charge < -0.3 is 10.3 Å². The number of benzene rings is 1. The van der Waals surface area contributed by atoms with Crippen molar-refractivity contribution in [2.24, 2.45) is 12.8 Å². The number of aryl methyl sites for hydroxylation is 1. The average Bonchev–Trinajstić information content (AvgIpc) is 2.43. The summed E-state index contributed by atoms with van der Waals surface area (Å²) in [6.45, 7) is 0.514. The first-order valence-corrected chi connectivity index (χ1v) is 4.82. The minimum atomic E-state index is 0.0733. The molecular weight excluding hydrogens is 184 g/mol. The van der Waals surface area contributed by atoms with Gasteiger partial charge in [0.1, 0.15) is 0 Å². The number of nitrogens with zero attached hydrogens (tertiary/aromatic N) is 1. The Balaban J connectivity index is 2.82. The van der Waals surface area contributed by atoms with Gasteiger partial charge in [0.05, 0.1) is 10.2 Å². The maximum Gasteiger partial charge on any atom is 0.307 e. The van der Waals surface area contributed by atoms with Crippen molar-refractivity contribution in [1.82, 2.24) is 4.57 Å². The van der Waals surface area contributed by atoms with Gasteiger partial charge in [0.15, 0.2) is 0 Å². The number of hydrogen-bond acceptors (Lipinski definition) is 3. The maximum atomic E-state index is 11.3. The zero-order chi connectivity index (χ0) is 9.42. The highest BCUT2D eigenvalue weighted by Crippen LogP contribution is 2.17. The summed E-state index contributed by atoms with van der Waals surface area (Å²) in [7, 11) is 1.78. The van der Waals surface area contributed by atoms with Crippen LogP contribution in [-0.2, 0) is 13.6 Å². The van der Waals surface area contributed by atoms with E-state index in [2.05, 4.69) is 0 Å². The lowest BCUT2D eigenvalue weighted by Crippen LogP contribution is -2.06. The van der Waals surface area contributed by atoms with E-state index in [1.54, 1.807) is 11.6 Å². The van der Waals surface area contributed by atoms with E-state index in [0.29, 0.717) is 6.54 Å². The summed E-state index contributed by atoms with van der Waals surface area (Å²) in [6.07, 6.45) is 0. The molecule has 0 atom stereocenters. The lowest BCUT2D eigenvalue weighted by molar-refractivity contribution is 0.935. The second-order valence-electron chi connectivity index (χ2n) is 2.93. The molecule has 4 heteroatoms. The van der Waals surface area contributed by atoms with Crippen LogP contribution < -0.4 is 10.6 Å². The summed E-state index contributed by atoms with van der Waals surface area (Å²) < 4.78 is 2.67. The molecule has 0 bridgehead atoms. The van der Waals surface area contributed by atoms with Crippen LogP contribution in [0.4, 0.5) is 0 Å². The molecule has 0 aliphatic rings. The fourth-order valence-corrected chi connectivity index (χ4v) is 2.16. The molecule has 0 spiro atoms. The Hall–Kier alpha value is -1.13. The van der Waals surface area contributed by atoms with Gasteiger partial charge in [-0.05, 0) is 17.7 Å². The van der Waals surface area contributed by atoms with Gasteiger partial charge in [0, 0.05) is 13.6 Å². The molecule has 1 aromatic heterocycles. The van der Waals surface area contributed by atoms with Crippen LogP contribution in [0.2, 0.25) is 0 Å². The summed E-state index contributed by atoms with van der Waals surface area (Å²) in [5.41, 5.74) is 7.54. The number of fused-ring (bicyclic) bond motifs is 1. The summed E-state index contributed by atoms with van der Waals surface area (Å²) in [5.74, 6) is 0. The molecule has 0 saturated carbocycles. The van der Waals surface area contributed by atoms with Crippen LogP contribution in [0.3, 0.4) is 0 Å². The van der Waals surface area contributed by atoms with E-state index in [9.17, 15) is 4.79 Å². The summed E-state index contributed by atoms with van der Waals surface area (Å²) in [5, 5.41) is 0. The predicted octanol–water partition coefficient (Wildman–Crippen LogP) is 1.06. The zero-order valence-electron chi connectivity index (χ0n) is 7.28. The van der Waals surface area contributed by atoms with Crippen LogP contribution in [-0.4, -0.2) is 4.57 Å². The van der Waals surface area contributed by atoms with Crippen LogP contribution >= 0.6 is 11.3 Å². The maximum absolute atomic E-state index is 11.3. The van der Waals surface area contributed by atoms with Crippen LogP contribution in [0.5, 0.6) is 0 Å². The fourth-order valence-electron chi connectivity index (χ4n) is 1.30. The monoisotopic (exact) mass is 194 g/mol. The van der Waals surface area contributed by atoms with Gasteiger partial charge >= 0.3 is 4.87 Å². The first-order chi connectivity index (χ1) is 6.22. The van der Waals surface area contributed by atoms with Crippen LogP contribution in [0.25, 0.3) is 10.2 Å². The van der Waals surface area contributed by atoms with Crippen molar-refractivity contribution >= 4 is 21.6 Å². The van der Waals surface area contributed by atoms with Crippen molar-refractivity contribution in [3.8, 4) is 0 Å². The van der Waals surface area contributed by atoms with E-state index in [1.165, 1.54) is 11.3 Å². The Morgan fingerprint density at radius 2 is 2.31 bits per heavy atom. The van der Waals surface area contributed by atoms with Gasteiger partial charge in [-0.25, -0.2) is 0 Å². The molecule has 68 valence electrons. The standard InChI is InChI=1S/C9H10N2OS/c1-11-7-4-6(5-10)2-3-8(7)13-9(11)12/h2-4H,5,10H2,1H3. The first kappa shape index (κ1) is 8.47. The van der Waals surface area contributed by atoms with Crippen molar-refractivity contribution in [2.45, 2.75) is 6.54 Å². The third kappa shape index (κ3) is 1.28. The van der Waals surface area contributed by atoms with Gasteiger partial charge in [0.2, 0.25) is 0 Å². The normalized spacial score (nSPS) is 10.9. The van der Waals surface area contributed by atoms with Crippen molar-refractivity contribution in [1.29, 1.82) is 0 Å². The topological polar surface area (TPSA) is 48.0 Å². The SMILES string of the molecule is Cn1c(=O)sc2ccc(CN)cc21. The highest BCUT2D eigenvalue weighted by Gasteiger charge is 2.03. The Bertz CT molecular complexity index is 498. The van der Waals surface area contributed by atoms with E-state index in [0.717, 1.165) is 15.8 Å². The Kier molecular flexibility index (Phi) is 1.94. The van der Waals surface area contributed by atoms with Crippen molar-refractivity contribution in [3.63, 3.8) is 0 Å². The molecule has 0 aliphatic carbocycles. The third-order valence-electron chi connectivity index (χ3n) is 2.09. The molecule has 0 fully saturated rings. The number of rotatable bonds is 1.